The SMILES string of the molecule is CC(c1ccccc1)n1c(C=Cc2cnn(-c3ccccc3)c2)c([N+](=O)[O-])c(=O)n(C2CCC2)c1=O. The second-order valence-corrected chi connectivity index (χ2v) is 8.88. The monoisotopic (exact) mass is 483 g/mol. The Balaban J connectivity index is 1.67. The van der Waals surface area contributed by atoms with Crippen LogP contribution in [0.1, 0.15) is 55.1 Å². The first-order valence-electron chi connectivity index (χ1n) is 11.8. The molecule has 0 N–H and O–H groups in total. The van der Waals surface area contributed by atoms with Crippen LogP contribution in [0.2, 0.25) is 0 Å². The Morgan fingerprint density at radius 2 is 1.69 bits per heavy atom. The van der Waals surface area contributed by atoms with E-state index < -0.39 is 27.9 Å². The predicted octanol–water partition coefficient (Wildman–Crippen LogP) is 4.61. The molecule has 2 aromatic heterocycles. The maximum atomic E-state index is 13.7. The zero-order chi connectivity index (χ0) is 25.2. The van der Waals surface area contributed by atoms with Crippen LogP contribution in [-0.4, -0.2) is 23.8 Å². The quantitative estimate of drug-likeness (QED) is 0.282. The molecule has 36 heavy (non-hydrogen) atoms. The lowest BCUT2D eigenvalue weighted by Crippen LogP contribution is -2.46. The molecule has 1 saturated carbocycles. The molecule has 1 aliphatic rings. The van der Waals surface area contributed by atoms with Crippen LogP contribution in [0.25, 0.3) is 17.8 Å². The van der Waals surface area contributed by atoms with Gasteiger partial charge >= 0.3 is 16.9 Å². The number of para-hydroxylation sites is 1. The molecule has 4 aromatic rings. The van der Waals surface area contributed by atoms with E-state index in [1.807, 2.05) is 60.7 Å². The minimum Gasteiger partial charge on any atom is -0.280 e. The van der Waals surface area contributed by atoms with Crippen molar-refractivity contribution >= 4 is 17.8 Å². The van der Waals surface area contributed by atoms with Crippen molar-refractivity contribution in [2.24, 2.45) is 0 Å². The van der Waals surface area contributed by atoms with Crippen molar-refractivity contribution in [2.75, 3.05) is 0 Å². The van der Waals surface area contributed by atoms with Gasteiger partial charge in [-0.3, -0.25) is 24.0 Å². The van der Waals surface area contributed by atoms with E-state index in [4.69, 9.17) is 0 Å². The Morgan fingerprint density at radius 3 is 2.31 bits per heavy atom. The minimum atomic E-state index is -0.856. The van der Waals surface area contributed by atoms with E-state index in [2.05, 4.69) is 5.10 Å². The van der Waals surface area contributed by atoms with Crippen LogP contribution in [0.4, 0.5) is 5.69 Å². The average Bonchev–Trinajstić information content (AvgIpc) is 3.33. The van der Waals surface area contributed by atoms with Crippen molar-refractivity contribution in [3.8, 4) is 5.69 Å². The molecule has 1 fully saturated rings. The van der Waals surface area contributed by atoms with Crippen molar-refractivity contribution in [1.29, 1.82) is 0 Å². The highest BCUT2D eigenvalue weighted by Gasteiger charge is 2.33. The first-order chi connectivity index (χ1) is 17.5. The second kappa shape index (κ2) is 9.61. The normalized spacial score (nSPS) is 14.6. The maximum absolute atomic E-state index is 13.7. The number of rotatable bonds is 7. The van der Waals surface area contributed by atoms with Crippen molar-refractivity contribution in [3.63, 3.8) is 0 Å². The Kier molecular flexibility index (Phi) is 6.20. The summed E-state index contributed by atoms with van der Waals surface area (Å²) in [5.41, 5.74) is 0.310. The summed E-state index contributed by atoms with van der Waals surface area (Å²) in [4.78, 5) is 38.4. The van der Waals surface area contributed by atoms with Crippen LogP contribution >= 0.6 is 0 Å². The Morgan fingerprint density at radius 1 is 1.03 bits per heavy atom. The van der Waals surface area contributed by atoms with Crippen LogP contribution in [0.15, 0.2) is 82.6 Å². The number of aromatic nitrogens is 4. The van der Waals surface area contributed by atoms with Gasteiger partial charge in [-0.15, -0.1) is 0 Å². The molecule has 0 radical (unpaired) electrons. The van der Waals surface area contributed by atoms with E-state index in [0.717, 1.165) is 22.2 Å². The van der Waals surface area contributed by atoms with Gasteiger partial charge in [-0.25, -0.2) is 9.48 Å². The molecule has 0 bridgehead atoms. The molecule has 1 unspecified atom stereocenters. The summed E-state index contributed by atoms with van der Waals surface area (Å²) in [5.74, 6) is 0. The van der Waals surface area contributed by atoms with Crippen LogP contribution in [0.5, 0.6) is 0 Å². The smallest absolute Gasteiger partial charge is 0.280 e. The number of nitrogens with zero attached hydrogens (tertiary/aromatic N) is 5. The fourth-order valence-corrected chi connectivity index (χ4v) is 4.52. The fraction of sp³-hybridized carbons (Fsp3) is 0.222. The van der Waals surface area contributed by atoms with Gasteiger partial charge in [-0.05, 0) is 56.0 Å². The molecule has 2 heterocycles. The molecule has 9 heteroatoms. The minimum absolute atomic E-state index is 0.0330. The summed E-state index contributed by atoms with van der Waals surface area (Å²) in [6.07, 6.45) is 8.68. The highest BCUT2D eigenvalue weighted by molar-refractivity contribution is 5.72. The van der Waals surface area contributed by atoms with Gasteiger partial charge in [0.25, 0.3) is 0 Å². The third kappa shape index (κ3) is 4.19. The highest BCUT2D eigenvalue weighted by Crippen LogP contribution is 2.31. The zero-order valence-electron chi connectivity index (χ0n) is 19.7. The molecular weight excluding hydrogens is 458 g/mol. The summed E-state index contributed by atoms with van der Waals surface area (Å²) in [7, 11) is 0. The maximum Gasteiger partial charge on any atom is 0.357 e. The van der Waals surface area contributed by atoms with Gasteiger partial charge in [0.15, 0.2) is 0 Å². The van der Waals surface area contributed by atoms with Crippen LogP contribution in [0, 0.1) is 10.1 Å². The lowest BCUT2D eigenvalue weighted by Gasteiger charge is -2.29. The lowest BCUT2D eigenvalue weighted by atomic mass is 9.93. The molecular formula is C27H25N5O4. The number of nitro groups is 1. The summed E-state index contributed by atoms with van der Waals surface area (Å²) >= 11 is 0. The first-order valence-corrected chi connectivity index (χ1v) is 11.8. The lowest BCUT2D eigenvalue weighted by molar-refractivity contribution is -0.387. The molecule has 9 nitrogen and oxygen atoms in total. The van der Waals surface area contributed by atoms with E-state index in [1.165, 1.54) is 10.6 Å². The van der Waals surface area contributed by atoms with E-state index in [9.17, 15) is 19.7 Å². The van der Waals surface area contributed by atoms with E-state index in [1.54, 1.807) is 30.1 Å². The Bertz CT molecular complexity index is 1550. The largest absolute Gasteiger partial charge is 0.357 e. The Hall–Kier alpha value is -4.53. The summed E-state index contributed by atoms with van der Waals surface area (Å²) in [6.45, 7) is 1.81. The first kappa shape index (κ1) is 23.2. The summed E-state index contributed by atoms with van der Waals surface area (Å²) < 4.78 is 4.12. The van der Waals surface area contributed by atoms with Gasteiger partial charge in [-0.1, -0.05) is 48.5 Å². The molecule has 5 rings (SSSR count). The van der Waals surface area contributed by atoms with Gasteiger partial charge in [0.2, 0.25) is 0 Å². The molecule has 1 aliphatic carbocycles. The standard InChI is InChI=1S/C27H25N5O4/c1-19(21-9-4-2-5-10-21)30-24(16-15-20-17-28-29(18-20)22-11-6-3-7-12-22)25(32(35)36)26(33)31(27(30)34)23-13-8-14-23/h2-7,9-12,15-19,23H,8,13-14H2,1H3. The second-order valence-electron chi connectivity index (χ2n) is 8.88. The summed E-state index contributed by atoms with van der Waals surface area (Å²) in [5, 5.41) is 16.5. The number of benzene rings is 2. The third-order valence-corrected chi connectivity index (χ3v) is 6.68. The van der Waals surface area contributed by atoms with Gasteiger partial charge in [0.1, 0.15) is 5.69 Å². The zero-order valence-corrected chi connectivity index (χ0v) is 19.7. The Labute approximate surface area is 206 Å². The van der Waals surface area contributed by atoms with E-state index in [-0.39, 0.29) is 11.7 Å². The van der Waals surface area contributed by atoms with Crippen molar-refractivity contribution in [1.82, 2.24) is 18.9 Å². The molecule has 0 amide bonds. The van der Waals surface area contributed by atoms with Gasteiger partial charge < -0.3 is 0 Å². The topological polar surface area (TPSA) is 105 Å². The molecule has 0 spiro atoms. The molecule has 1 atom stereocenters. The van der Waals surface area contributed by atoms with Gasteiger partial charge in [-0.2, -0.15) is 5.10 Å². The van der Waals surface area contributed by atoms with Crippen molar-refractivity contribution in [3.05, 3.63) is 121 Å². The van der Waals surface area contributed by atoms with E-state index >= 15 is 0 Å². The van der Waals surface area contributed by atoms with Crippen LogP contribution in [-0.2, 0) is 0 Å². The number of hydrogen-bond acceptors (Lipinski definition) is 5. The van der Waals surface area contributed by atoms with Crippen molar-refractivity contribution in [2.45, 2.75) is 38.3 Å². The molecule has 0 saturated heterocycles. The predicted molar refractivity (Wildman–Crippen MR) is 137 cm³/mol. The summed E-state index contributed by atoms with van der Waals surface area (Å²) in [6, 6.07) is 18.0. The van der Waals surface area contributed by atoms with Gasteiger partial charge in [0.05, 0.1) is 22.8 Å². The van der Waals surface area contributed by atoms with Crippen LogP contribution in [0.3, 0.4) is 0 Å². The fourth-order valence-electron chi connectivity index (χ4n) is 4.52. The highest BCUT2D eigenvalue weighted by atomic mass is 16.6. The third-order valence-electron chi connectivity index (χ3n) is 6.68. The van der Waals surface area contributed by atoms with Gasteiger partial charge in [0, 0.05) is 17.8 Å². The average molecular weight is 484 g/mol. The number of hydrogen-bond donors (Lipinski definition) is 0. The van der Waals surface area contributed by atoms with E-state index in [0.29, 0.717) is 18.4 Å². The van der Waals surface area contributed by atoms with Crippen molar-refractivity contribution < 1.29 is 4.92 Å². The molecule has 182 valence electrons. The molecule has 0 aliphatic heterocycles. The molecule has 2 aromatic carbocycles. The van der Waals surface area contributed by atoms with Crippen LogP contribution < -0.4 is 11.2 Å².